The lowest BCUT2D eigenvalue weighted by molar-refractivity contribution is 0.189. The molecule has 132 valence electrons. The van der Waals surface area contributed by atoms with Gasteiger partial charge in [-0.15, -0.1) is 6.58 Å². The van der Waals surface area contributed by atoms with E-state index in [0.29, 0.717) is 17.5 Å². The number of hydrogen-bond acceptors (Lipinski definition) is 6. The van der Waals surface area contributed by atoms with Gasteiger partial charge in [-0.25, -0.2) is 4.99 Å². The van der Waals surface area contributed by atoms with Crippen LogP contribution in [0.25, 0.3) is 0 Å². The number of piperazine rings is 1. The second kappa shape index (κ2) is 6.69. The molecule has 1 aromatic carbocycles. The number of likely N-dealkylation sites (N-methyl/N-ethyl adjacent to an activating group) is 1. The van der Waals surface area contributed by atoms with Crippen molar-refractivity contribution in [3.8, 4) is 5.75 Å². The third-order valence-corrected chi connectivity index (χ3v) is 5.03. The Morgan fingerprint density at radius 2 is 2.16 bits per heavy atom. The summed E-state index contributed by atoms with van der Waals surface area (Å²) in [5.74, 6) is 2.42. The second-order valence-electron chi connectivity index (χ2n) is 6.55. The number of ether oxygens (including phenoxy) is 1. The number of fused-ring (bicyclic) bond motifs is 3. The molecule has 7 heteroatoms. The lowest BCUT2D eigenvalue weighted by atomic mass is 10.0. The van der Waals surface area contributed by atoms with Gasteiger partial charge in [0.2, 0.25) is 5.96 Å². The number of hydrogen-bond donors (Lipinski definition) is 1. The number of nitrogens with one attached hydrogen (secondary N) is 1. The van der Waals surface area contributed by atoms with Crippen molar-refractivity contribution >= 4 is 23.4 Å². The van der Waals surface area contributed by atoms with Gasteiger partial charge in [-0.05, 0) is 25.2 Å². The van der Waals surface area contributed by atoms with Gasteiger partial charge in [0.25, 0.3) is 0 Å². The summed E-state index contributed by atoms with van der Waals surface area (Å²) in [6, 6.07) is 5.60. The molecule has 3 aliphatic rings. The van der Waals surface area contributed by atoms with Crippen LogP contribution in [-0.2, 0) is 0 Å². The van der Waals surface area contributed by atoms with Crippen molar-refractivity contribution in [1.29, 1.82) is 0 Å². The van der Waals surface area contributed by atoms with Gasteiger partial charge in [-0.2, -0.15) is 4.99 Å². The Kier molecular flexibility index (Phi) is 4.39. The molecule has 0 radical (unpaired) electrons. The minimum atomic E-state index is -0.189. The van der Waals surface area contributed by atoms with E-state index >= 15 is 0 Å². The van der Waals surface area contributed by atoms with E-state index in [1.165, 1.54) is 0 Å². The van der Waals surface area contributed by atoms with Crippen LogP contribution in [0.5, 0.6) is 5.75 Å². The van der Waals surface area contributed by atoms with Crippen molar-refractivity contribution in [1.82, 2.24) is 15.1 Å². The molecule has 0 amide bonds. The van der Waals surface area contributed by atoms with E-state index in [-0.39, 0.29) is 12.1 Å². The van der Waals surface area contributed by atoms with Crippen molar-refractivity contribution in [2.24, 2.45) is 9.98 Å². The number of benzene rings is 1. The number of halogens is 1. The summed E-state index contributed by atoms with van der Waals surface area (Å²) >= 11 is 6.20. The molecule has 2 unspecified atom stereocenters. The second-order valence-corrected chi connectivity index (χ2v) is 6.98. The Morgan fingerprint density at radius 3 is 2.92 bits per heavy atom. The van der Waals surface area contributed by atoms with E-state index in [9.17, 15) is 0 Å². The Labute approximate surface area is 152 Å². The zero-order valence-corrected chi connectivity index (χ0v) is 15.0. The van der Waals surface area contributed by atoms with Crippen molar-refractivity contribution in [2.45, 2.75) is 12.1 Å². The monoisotopic (exact) mass is 359 g/mol. The molecule has 25 heavy (non-hydrogen) atoms. The van der Waals surface area contributed by atoms with Crippen LogP contribution in [0.3, 0.4) is 0 Å². The number of nitrogens with zero attached hydrogens (tertiary/aromatic N) is 4. The van der Waals surface area contributed by atoms with Gasteiger partial charge in [0.15, 0.2) is 11.9 Å². The van der Waals surface area contributed by atoms with Crippen LogP contribution in [0, 0.1) is 0 Å². The molecule has 1 aromatic rings. The minimum absolute atomic E-state index is 0.117. The van der Waals surface area contributed by atoms with Gasteiger partial charge >= 0.3 is 0 Å². The summed E-state index contributed by atoms with van der Waals surface area (Å²) in [6.07, 6.45) is 1.61. The van der Waals surface area contributed by atoms with Crippen LogP contribution in [0.1, 0.15) is 11.6 Å². The molecule has 1 saturated heterocycles. The standard InChI is InChI=1S/C18H22ClN5O/c1-3-6-20-18-21-15-13-11-12(19)4-5-14(13)25-16(15)17(22-18)24-9-7-23(2)8-10-24/h3-5,11,15-16H,1,6-10H2,2H3,(H,20,21). The molecule has 2 atom stereocenters. The summed E-state index contributed by atoms with van der Waals surface area (Å²) in [4.78, 5) is 14.2. The van der Waals surface area contributed by atoms with E-state index in [1.54, 1.807) is 6.08 Å². The Morgan fingerprint density at radius 1 is 1.36 bits per heavy atom. The fraction of sp³-hybridized carbons (Fsp3) is 0.444. The molecule has 0 saturated carbocycles. The maximum absolute atomic E-state index is 6.21. The van der Waals surface area contributed by atoms with Gasteiger partial charge < -0.3 is 19.9 Å². The van der Waals surface area contributed by atoms with E-state index in [0.717, 1.165) is 43.3 Å². The van der Waals surface area contributed by atoms with E-state index < -0.39 is 0 Å². The van der Waals surface area contributed by atoms with Gasteiger partial charge in [-0.3, -0.25) is 0 Å². The molecular formula is C18H22ClN5O. The first-order valence-corrected chi connectivity index (χ1v) is 8.94. The fourth-order valence-electron chi connectivity index (χ4n) is 3.42. The minimum Gasteiger partial charge on any atom is -0.479 e. The SMILES string of the molecule is C=CCNC1=NC2c3cc(Cl)ccc3OC2C(N2CCN(C)CC2)=N1. The highest BCUT2D eigenvalue weighted by Gasteiger charge is 2.43. The molecule has 3 heterocycles. The third-order valence-electron chi connectivity index (χ3n) is 4.80. The topological polar surface area (TPSA) is 52.5 Å². The van der Waals surface area contributed by atoms with Gasteiger partial charge in [-0.1, -0.05) is 17.7 Å². The molecule has 1 fully saturated rings. The van der Waals surface area contributed by atoms with Crippen molar-refractivity contribution in [3.63, 3.8) is 0 Å². The van der Waals surface area contributed by atoms with Crippen LogP contribution < -0.4 is 10.1 Å². The average Bonchev–Trinajstić information content (AvgIpc) is 2.98. The summed E-state index contributed by atoms with van der Waals surface area (Å²) in [5.41, 5.74) is 1.02. The Bertz CT molecular complexity index is 739. The Balaban J connectivity index is 1.67. The maximum atomic E-state index is 6.21. The first kappa shape index (κ1) is 16.4. The molecule has 3 aliphatic heterocycles. The number of aliphatic imine (C=N–C) groups is 2. The number of guanidine groups is 1. The van der Waals surface area contributed by atoms with E-state index in [4.69, 9.17) is 26.3 Å². The average molecular weight is 360 g/mol. The zero-order chi connectivity index (χ0) is 17.4. The van der Waals surface area contributed by atoms with Crippen LogP contribution >= 0.6 is 11.6 Å². The van der Waals surface area contributed by atoms with Crippen LogP contribution in [0.15, 0.2) is 40.8 Å². The van der Waals surface area contributed by atoms with Gasteiger partial charge in [0.1, 0.15) is 11.8 Å². The highest BCUT2D eigenvalue weighted by atomic mass is 35.5. The van der Waals surface area contributed by atoms with Crippen LogP contribution in [-0.4, -0.2) is 67.5 Å². The third kappa shape index (κ3) is 3.12. The fourth-order valence-corrected chi connectivity index (χ4v) is 3.60. The van der Waals surface area contributed by atoms with Gasteiger partial charge in [0, 0.05) is 43.3 Å². The predicted molar refractivity (Wildman–Crippen MR) is 101 cm³/mol. The number of amidine groups is 1. The zero-order valence-electron chi connectivity index (χ0n) is 14.3. The first-order chi connectivity index (χ1) is 12.2. The van der Waals surface area contributed by atoms with Crippen LogP contribution in [0.4, 0.5) is 0 Å². The van der Waals surface area contributed by atoms with Gasteiger partial charge in [0.05, 0.1) is 0 Å². The molecule has 4 rings (SSSR count). The van der Waals surface area contributed by atoms with Crippen molar-refractivity contribution < 1.29 is 4.74 Å². The lowest BCUT2D eigenvalue weighted by Gasteiger charge is -2.37. The smallest absolute Gasteiger partial charge is 0.220 e. The van der Waals surface area contributed by atoms with Crippen LogP contribution in [0.2, 0.25) is 5.02 Å². The Hall–Kier alpha value is -2.05. The molecule has 0 aliphatic carbocycles. The van der Waals surface area contributed by atoms with Crippen molar-refractivity contribution in [3.05, 3.63) is 41.4 Å². The predicted octanol–water partition coefficient (Wildman–Crippen LogP) is 1.93. The summed E-state index contributed by atoms with van der Waals surface area (Å²) in [5, 5.41) is 3.92. The normalized spacial score (nSPS) is 25.4. The molecule has 6 nitrogen and oxygen atoms in total. The highest BCUT2D eigenvalue weighted by molar-refractivity contribution is 6.30. The molecule has 0 bridgehead atoms. The quantitative estimate of drug-likeness (QED) is 0.820. The number of rotatable bonds is 2. The lowest BCUT2D eigenvalue weighted by Crippen LogP contribution is -2.53. The molecule has 1 N–H and O–H groups in total. The first-order valence-electron chi connectivity index (χ1n) is 8.56. The largest absolute Gasteiger partial charge is 0.479 e. The molecular weight excluding hydrogens is 338 g/mol. The summed E-state index contributed by atoms with van der Waals surface area (Å²) < 4.78 is 6.21. The maximum Gasteiger partial charge on any atom is 0.220 e. The molecule has 0 spiro atoms. The summed E-state index contributed by atoms with van der Waals surface area (Å²) in [6.45, 7) is 8.28. The van der Waals surface area contributed by atoms with Crippen molar-refractivity contribution in [2.75, 3.05) is 39.8 Å². The molecule has 0 aromatic heterocycles. The van der Waals surface area contributed by atoms with E-state index in [1.807, 2.05) is 18.2 Å². The van der Waals surface area contributed by atoms with E-state index in [2.05, 4.69) is 28.7 Å². The highest BCUT2D eigenvalue weighted by Crippen LogP contribution is 2.42. The summed E-state index contributed by atoms with van der Waals surface area (Å²) in [7, 11) is 2.14.